The van der Waals surface area contributed by atoms with E-state index < -0.39 is 0 Å². The fourth-order valence-electron chi connectivity index (χ4n) is 3.13. The number of carbonyl (C=O) groups is 1. The van der Waals surface area contributed by atoms with Gasteiger partial charge in [0.05, 0.1) is 6.10 Å². The highest BCUT2D eigenvalue weighted by molar-refractivity contribution is 5.81. The van der Waals surface area contributed by atoms with Crippen LogP contribution in [0, 0.1) is 5.92 Å². The Bertz CT molecular complexity index is 290. The van der Waals surface area contributed by atoms with Crippen molar-refractivity contribution in [3.8, 4) is 0 Å². The number of amides is 1. The molecule has 2 fully saturated rings. The molecule has 110 valence electrons. The summed E-state index contributed by atoms with van der Waals surface area (Å²) in [7, 11) is 0. The van der Waals surface area contributed by atoms with Gasteiger partial charge in [-0.1, -0.05) is 6.92 Å². The van der Waals surface area contributed by atoms with E-state index in [1.807, 2.05) is 0 Å². The minimum atomic E-state index is -0.178. The lowest BCUT2D eigenvalue weighted by Gasteiger charge is -2.31. The molecule has 0 radical (unpaired) electrons. The Balaban J connectivity index is 1.88. The second kappa shape index (κ2) is 7.25. The Kier molecular flexibility index (Phi) is 5.64. The molecule has 2 aliphatic heterocycles. The molecule has 2 saturated heterocycles. The predicted molar refractivity (Wildman–Crippen MR) is 76.0 cm³/mol. The molecule has 2 aliphatic rings. The van der Waals surface area contributed by atoms with Gasteiger partial charge in [-0.15, -0.1) is 0 Å². The number of nitrogens with zero attached hydrogens (tertiary/aromatic N) is 1. The normalized spacial score (nSPS) is 28.5. The highest BCUT2D eigenvalue weighted by atomic mass is 16.5. The third-order valence-electron chi connectivity index (χ3n) is 4.25. The number of rotatable bonds is 5. The van der Waals surface area contributed by atoms with E-state index in [4.69, 9.17) is 4.74 Å². The van der Waals surface area contributed by atoms with E-state index in [1.54, 1.807) is 0 Å². The Labute approximate surface area is 116 Å². The van der Waals surface area contributed by atoms with Crippen LogP contribution in [0.1, 0.15) is 46.0 Å². The van der Waals surface area contributed by atoms with E-state index in [0.29, 0.717) is 5.92 Å². The number of carbonyl (C=O) groups excluding carboxylic acids is 1. The van der Waals surface area contributed by atoms with Crippen LogP contribution in [0.2, 0.25) is 0 Å². The molecule has 4 nitrogen and oxygen atoms in total. The minimum Gasteiger partial charge on any atom is -0.365 e. The second-order valence-corrected chi connectivity index (χ2v) is 5.99. The molecular weight excluding hydrogens is 240 g/mol. The Morgan fingerprint density at radius 3 is 2.58 bits per heavy atom. The molecule has 0 spiro atoms. The van der Waals surface area contributed by atoms with Crippen LogP contribution in [0.15, 0.2) is 0 Å². The number of ether oxygens (including phenoxy) is 1. The quantitative estimate of drug-likeness (QED) is 0.826. The second-order valence-electron chi connectivity index (χ2n) is 5.99. The standard InChI is InChI=1S/C15H28N2O2/c1-3-10-17(11-13-6-8-16-9-7-13)15(18)14-5-4-12(2)19-14/h12-14,16H,3-11H2,1-2H3. The SMILES string of the molecule is CCCN(CC1CCNCC1)C(=O)C1CCC(C)O1. The summed E-state index contributed by atoms with van der Waals surface area (Å²) in [4.78, 5) is 14.6. The van der Waals surface area contributed by atoms with E-state index in [9.17, 15) is 4.79 Å². The lowest BCUT2D eigenvalue weighted by atomic mass is 9.97. The number of hydrogen-bond donors (Lipinski definition) is 1. The zero-order valence-corrected chi connectivity index (χ0v) is 12.4. The average Bonchev–Trinajstić information content (AvgIpc) is 2.85. The van der Waals surface area contributed by atoms with Crippen LogP contribution in [-0.4, -0.2) is 49.2 Å². The molecule has 0 aromatic carbocycles. The Hall–Kier alpha value is -0.610. The molecule has 0 saturated carbocycles. The van der Waals surface area contributed by atoms with Crippen molar-refractivity contribution in [2.75, 3.05) is 26.2 Å². The van der Waals surface area contributed by atoms with Gasteiger partial charge >= 0.3 is 0 Å². The molecule has 2 unspecified atom stereocenters. The highest BCUT2D eigenvalue weighted by Crippen LogP contribution is 2.22. The summed E-state index contributed by atoms with van der Waals surface area (Å²) in [5.74, 6) is 0.889. The lowest BCUT2D eigenvalue weighted by Crippen LogP contribution is -2.44. The van der Waals surface area contributed by atoms with Gasteiger partial charge in [0.25, 0.3) is 5.91 Å². The van der Waals surface area contributed by atoms with Crippen LogP contribution in [0.25, 0.3) is 0 Å². The Morgan fingerprint density at radius 1 is 1.26 bits per heavy atom. The molecule has 0 aromatic rings. The first-order valence-corrected chi connectivity index (χ1v) is 7.85. The maximum Gasteiger partial charge on any atom is 0.251 e. The maximum atomic E-state index is 12.5. The van der Waals surface area contributed by atoms with E-state index in [0.717, 1.165) is 45.4 Å². The summed E-state index contributed by atoms with van der Waals surface area (Å²) in [5.41, 5.74) is 0. The first-order chi connectivity index (χ1) is 9.20. The molecule has 4 heteroatoms. The van der Waals surface area contributed by atoms with Crippen molar-refractivity contribution in [2.45, 2.75) is 58.2 Å². The predicted octanol–water partition coefficient (Wildman–Crippen LogP) is 1.79. The third kappa shape index (κ3) is 4.18. The maximum absolute atomic E-state index is 12.5. The molecule has 2 heterocycles. The minimum absolute atomic E-state index is 0.178. The molecule has 2 rings (SSSR count). The number of hydrogen-bond acceptors (Lipinski definition) is 3. The van der Waals surface area contributed by atoms with Crippen molar-refractivity contribution in [3.63, 3.8) is 0 Å². The van der Waals surface area contributed by atoms with Crippen LogP contribution in [0.3, 0.4) is 0 Å². The van der Waals surface area contributed by atoms with Crippen molar-refractivity contribution in [2.24, 2.45) is 5.92 Å². The van der Waals surface area contributed by atoms with Gasteiger partial charge in [0.2, 0.25) is 0 Å². The van der Waals surface area contributed by atoms with Gasteiger partial charge in [-0.25, -0.2) is 0 Å². The van der Waals surface area contributed by atoms with Gasteiger partial charge < -0.3 is 15.0 Å². The summed E-state index contributed by atoms with van der Waals surface area (Å²) in [6.45, 7) is 8.18. The van der Waals surface area contributed by atoms with Crippen LogP contribution in [0.5, 0.6) is 0 Å². The summed E-state index contributed by atoms with van der Waals surface area (Å²) in [5, 5.41) is 3.38. The molecule has 19 heavy (non-hydrogen) atoms. The summed E-state index contributed by atoms with van der Waals surface area (Å²) < 4.78 is 5.74. The van der Waals surface area contributed by atoms with Gasteiger partial charge in [0.15, 0.2) is 0 Å². The fourth-order valence-corrected chi connectivity index (χ4v) is 3.13. The topological polar surface area (TPSA) is 41.6 Å². The molecule has 0 aliphatic carbocycles. The van der Waals surface area contributed by atoms with Crippen LogP contribution in [-0.2, 0) is 9.53 Å². The van der Waals surface area contributed by atoms with Crippen molar-refractivity contribution in [3.05, 3.63) is 0 Å². The number of piperidine rings is 1. The monoisotopic (exact) mass is 268 g/mol. The lowest BCUT2D eigenvalue weighted by molar-refractivity contribution is -0.143. The van der Waals surface area contributed by atoms with E-state index >= 15 is 0 Å². The third-order valence-corrected chi connectivity index (χ3v) is 4.25. The molecular formula is C15H28N2O2. The van der Waals surface area contributed by atoms with Gasteiger partial charge in [-0.3, -0.25) is 4.79 Å². The molecule has 2 atom stereocenters. The van der Waals surface area contributed by atoms with Gasteiger partial charge in [0, 0.05) is 13.1 Å². The smallest absolute Gasteiger partial charge is 0.251 e. The molecule has 1 N–H and O–H groups in total. The van der Waals surface area contributed by atoms with Gasteiger partial charge in [0.1, 0.15) is 6.10 Å². The average molecular weight is 268 g/mol. The van der Waals surface area contributed by atoms with E-state index in [2.05, 4.69) is 24.1 Å². The number of nitrogens with one attached hydrogen (secondary N) is 1. The Morgan fingerprint density at radius 2 is 2.00 bits per heavy atom. The first kappa shape index (κ1) is 14.8. The fraction of sp³-hybridized carbons (Fsp3) is 0.933. The largest absolute Gasteiger partial charge is 0.365 e. The zero-order valence-electron chi connectivity index (χ0n) is 12.4. The van der Waals surface area contributed by atoms with Crippen LogP contribution < -0.4 is 5.32 Å². The summed E-state index contributed by atoms with van der Waals surface area (Å²) in [6.07, 6.45) is 5.39. The van der Waals surface area contributed by atoms with E-state index in [1.165, 1.54) is 12.8 Å². The zero-order chi connectivity index (χ0) is 13.7. The van der Waals surface area contributed by atoms with Crippen molar-refractivity contribution in [1.82, 2.24) is 10.2 Å². The summed E-state index contributed by atoms with van der Waals surface area (Å²) >= 11 is 0. The molecule has 1 amide bonds. The van der Waals surface area contributed by atoms with Crippen molar-refractivity contribution >= 4 is 5.91 Å². The summed E-state index contributed by atoms with van der Waals surface area (Å²) in [6, 6.07) is 0. The molecule has 0 bridgehead atoms. The van der Waals surface area contributed by atoms with Gasteiger partial charge in [-0.2, -0.15) is 0 Å². The van der Waals surface area contributed by atoms with Crippen molar-refractivity contribution < 1.29 is 9.53 Å². The van der Waals surface area contributed by atoms with Crippen molar-refractivity contribution in [1.29, 1.82) is 0 Å². The highest BCUT2D eigenvalue weighted by Gasteiger charge is 2.32. The van der Waals surface area contributed by atoms with Gasteiger partial charge in [-0.05, 0) is 58.0 Å². The van der Waals surface area contributed by atoms with Crippen LogP contribution in [0.4, 0.5) is 0 Å². The first-order valence-electron chi connectivity index (χ1n) is 7.85. The van der Waals surface area contributed by atoms with Crippen LogP contribution >= 0.6 is 0 Å². The van der Waals surface area contributed by atoms with E-state index in [-0.39, 0.29) is 18.1 Å². The molecule has 0 aromatic heterocycles.